The summed E-state index contributed by atoms with van der Waals surface area (Å²) in [5, 5.41) is 14.1. The Morgan fingerprint density at radius 2 is 2.06 bits per heavy atom. The van der Waals surface area contributed by atoms with Gasteiger partial charge in [0.05, 0.1) is 12.6 Å². The first kappa shape index (κ1) is 14.0. The van der Waals surface area contributed by atoms with E-state index in [-0.39, 0.29) is 12.5 Å². The molecule has 0 aromatic rings. The molecule has 0 bridgehead atoms. The van der Waals surface area contributed by atoms with Crippen LogP contribution in [0.1, 0.15) is 45.4 Å². The number of carbonyl (C=O) groups is 1. The molecule has 0 spiro atoms. The molecule has 96 valence electrons. The summed E-state index contributed by atoms with van der Waals surface area (Å²) in [5.41, 5.74) is 0. The Labute approximate surface area is 104 Å². The number of nitrogens with one attached hydrogen (secondary N) is 2. The average Bonchev–Trinajstić information content (AvgIpc) is 2.36. The number of rotatable bonds is 6. The zero-order valence-electron chi connectivity index (χ0n) is 10.7. The standard InChI is InChI=1S/C13H23N3O/c1-2-3-11-4-6-12(7-5-11)16-10-13(17)15-9-8-14/h11-12,16H,2-7,9-10H2,1H3,(H,15,17). The minimum atomic E-state index is -0.0813. The molecule has 1 aliphatic rings. The van der Waals surface area contributed by atoms with Crippen molar-refractivity contribution in [2.75, 3.05) is 13.1 Å². The third kappa shape index (κ3) is 5.69. The molecule has 0 aliphatic heterocycles. The van der Waals surface area contributed by atoms with Crippen LogP contribution in [0.25, 0.3) is 0 Å². The molecule has 0 radical (unpaired) electrons. The lowest BCUT2D eigenvalue weighted by molar-refractivity contribution is -0.120. The summed E-state index contributed by atoms with van der Waals surface area (Å²) < 4.78 is 0. The van der Waals surface area contributed by atoms with Gasteiger partial charge in [-0.2, -0.15) is 5.26 Å². The van der Waals surface area contributed by atoms with E-state index >= 15 is 0 Å². The smallest absolute Gasteiger partial charge is 0.234 e. The van der Waals surface area contributed by atoms with Crippen molar-refractivity contribution in [1.29, 1.82) is 5.26 Å². The Morgan fingerprint density at radius 3 is 2.65 bits per heavy atom. The molecule has 2 N–H and O–H groups in total. The van der Waals surface area contributed by atoms with Crippen LogP contribution in [0.2, 0.25) is 0 Å². The van der Waals surface area contributed by atoms with Crippen molar-refractivity contribution in [1.82, 2.24) is 10.6 Å². The Kier molecular flexibility index (Phi) is 6.64. The van der Waals surface area contributed by atoms with Gasteiger partial charge < -0.3 is 10.6 Å². The van der Waals surface area contributed by atoms with E-state index in [2.05, 4.69) is 17.6 Å². The number of nitrogens with zero attached hydrogens (tertiary/aromatic N) is 1. The van der Waals surface area contributed by atoms with E-state index in [0.29, 0.717) is 12.6 Å². The summed E-state index contributed by atoms with van der Waals surface area (Å²) in [6, 6.07) is 2.38. The van der Waals surface area contributed by atoms with Gasteiger partial charge in [-0.3, -0.25) is 4.79 Å². The maximum Gasteiger partial charge on any atom is 0.234 e. The van der Waals surface area contributed by atoms with Crippen LogP contribution in [0.4, 0.5) is 0 Å². The molecule has 0 atom stereocenters. The van der Waals surface area contributed by atoms with E-state index < -0.39 is 0 Å². The zero-order chi connectivity index (χ0) is 12.5. The first-order valence-corrected chi connectivity index (χ1v) is 6.63. The van der Waals surface area contributed by atoms with Gasteiger partial charge in [0, 0.05) is 6.04 Å². The third-order valence-corrected chi connectivity index (χ3v) is 3.46. The van der Waals surface area contributed by atoms with E-state index in [1.54, 1.807) is 0 Å². The highest BCUT2D eigenvalue weighted by Crippen LogP contribution is 2.27. The maximum atomic E-state index is 11.3. The fourth-order valence-corrected chi connectivity index (χ4v) is 2.50. The Hall–Kier alpha value is -1.08. The molecule has 4 nitrogen and oxygen atoms in total. The minimum absolute atomic E-state index is 0.0813. The SMILES string of the molecule is CCCC1CCC(NCC(=O)NCC#N)CC1. The molecule has 1 saturated carbocycles. The van der Waals surface area contributed by atoms with Crippen LogP contribution in [-0.4, -0.2) is 25.0 Å². The van der Waals surface area contributed by atoms with Crippen molar-refractivity contribution in [2.45, 2.75) is 51.5 Å². The van der Waals surface area contributed by atoms with Crippen LogP contribution in [0, 0.1) is 17.2 Å². The number of amides is 1. The Bertz CT molecular complexity index is 264. The van der Waals surface area contributed by atoms with Gasteiger partial charge in [-0.05, 0) is 31.6 Å². The summed E-state index contributed by atoms with van der Waals surface area (Å²) in [4.78, 5) is 11.3. The van der Waals surface area contributed by atoms with Crippen LogP contribution in [0.3, 0.4) is 0 Å². The Morgan fingerprint density at radius 1 is 1.35 bits per heavy atom. The minimum Gasteiger partial charge on any atom is -0.342 e. The molecule has 1 fully saturated rings. The second-order valence-electron chi connectivity index (χ2n) is 4.82. The molecular weight excluding hydrogens is 214 g/mol. The highest BCUT2D eigenvalue weighted by molar-refractivity contribution is 5.78. The average molecular weight is 237 g/mol. The second-order valence-corrected chi connectivity index (χ2v) is 4.82. The normalized spacial score (nSPS) is 24.0. The lowest BCUT2D eigenvalue weighted by Crippen LogP contribution is -2.40. The summed E-state index contributed by atoms with van der Waals surface area (Å²) in [6.45, 7) is 2.68. The monoisotopic (exact) mass is 237 g/mol. The predicted octanol–water partition coefficient (Wildman–Crippen LogP) is 1.57. The van der Waals surface area contributed by atoms with Crippen LogP contribution in [-0.2, 0) is 4.79 Å². The molecule has 4 heteroatoms. The summed E-state index contributed by atoms with van der Waals surface area (Å²) in [6.07, 6.45) is 7.54. The van der Waals surface area contributed by atoms with Crippen LogP contribution in [0.15, 0.2) is 0 Å². The number of carbonyl (C=O) groups excluding carboxylic acids is 1. The highest BCUT2D eigenvalue weighted by atomic mass is 16.1. The van der Waals surface area contributed by atoms with E-state index in [9.17, 15) is 4.79 Å². The first-order chi connectivity index (χ1) is 8.26. The summed E-state index contributed by atoms with van der Waals surface area (Å²) in [7, 11) is 0. The summed E-state index contributed by atoms with van der Waals surface area (Å²) >= 11 is 0. The fraction of sp³-hybridized carbons (Fsp3) is 0.846. The van der Waals surface area contributed by atoms with Crippen LogP contribution in [0.5, 0.6) is 0 Å². The molecule has 0 saturated heterocycles. The van der Waals surface area contributed by atoms with E-state index in [1.807, 2.05) is 6.07 Å². The van der Waals surface area contributed by atoms with Crippen molar-refractivity contribution in [3.63, 3.8) is 0 Å². The number of hydrogen-bond donors (Lipinski definition) is 2. The van der Waals surface area contributed by atoms with Crippen molar-refractivity contribution in [2.24, 2.45) is 5.92 Å². The second kappa shape index (κ2) is 8.08. The van der Waals surface area contributed by atoms with Gasteiger partial charge >= 0.3 is 0 Å². The predicted molar refractivity (Wildman–Crippen MR) is 67.3 cm³/mol. The zero-order valence-corrected chi connectivity index (χ0v) is 10.7. The molecule has 0 aromatic heterocycles. The highest BCUT2D eigenvalue weighted by Gasteiger charge is 2.20. The van der Waals surface area contributed by atoms with Gasteiger partial charge in [0.25, 0.3) is 0 Å². The molecule has 17 heavy (non-hydrogen) atoms. The lowest BCUT2D eigenvalue weighted by atomic mass is 9.83. The maximum absolute atomic E-state index is 11.3. The molecule has 0 aromatic carbocycles. The van der Waals surface area contributed by atoms with Gasteiger partial charge in [-0.15, -0.1) is 0 Å². The van der Waals surface area contributed by atoms with Gasteiger partial charge in [-0.1, -0.05) is 19.8 Å². The number of hydrogen-bond acceptors (Lipinski definition) is 3. The number of nitriles is 1. The van der Waals surface area contributed by atoms with Crippen molar-refractivity contribution in [3.8, 4) is 6.07 Å². The molecule has 0 heterocycles. The lowest BCUT2D eigenvalue weighted by Gasteiger charge is -2.28. The largest absolute Gasteiger partial charge is 0.342 e. The fourth-order valence-electron chi connectivity index (χ4n) is 2.50. The van der Waals surface area contributed by atoms with Gasteiger partial charge in [0.2, 0.25) is 5.91 Å². The van der Waals surface area contributed by atoms with Crippen molar-refractivity contribution < 1.29 is 4.79 Å². The molecule has 1 aliphatic carbocycles. The van der Waals surface area contributed by atoms with Gasteiger partial charge in [0.15, 0.2) is 0 Å². The van der Waals surface area contributed by atoms with Crippen molar-refractivity contribution >= 4 is 5.91 Å². The van der Waals surface area contributed by atoms with E-state index in [1.165, 1.54) is 38.5 Å². The van der Waals surface area contributed by atoms with Crippen LogP contribution >= 0.6 is 0 Å². The third-order valence-electron chi connectivity index (χ3n) is 3.46. The van der Waals surface area contributed by atoms with Gasteiger partial charge in [-0.25, -0.2) is 0 Å². The van der Waals surface area contributed by atoms with Crippen LogP contribution < -0.4 is 10.6 Å². The quantitative estimate of drug-likeness (QED) is 0.689. The molecule has 1 amide bonds. The van der Waals surface area contributed by atoms with Crippen molar-refractivity contribution in [3.05, 3.63) is 0 Å². The molecule has 0 unspecified atom stereocenters. The Balaban J connectivity index is 2.10. The molecular formula is C13H23N3O. The topological polar surface area (TPSA) is 64.9 Å². The van der Waals surface area contributed by atoms with E-state index in [4.69, 9.17) is 5.26 Å². The van der Waals surface area contributed by atoms with Gasteiger partial charge in [0.1, 0.15) is 6.54 Å². The molecule has 1 rings (SSSR count). The first-order valence-electron chi connectivity index (χ1n) is 6.63. The van der Waals surface area contributed by atoms with E-state index in [0.717, 1.165) is 5.92 Å². The summed E-state index contributed by atoms with van der Waals surface area (Å²) in [5.74, 6) is 0.813.